The summed E-state index contributed by atoms with van der Waals surface area (Å²) in [5.74, 6) is 0.900. The number of epoxide rings is 1. The number of carbonyl (C=O) groups is 1. The molecule has 2 unspecified atom stereocenters. The Balaban J connectivity index is 1.58. The molecule has 1 aliphatic heterocycles. The van der Waals surface area contributed by atoms with Crippen molar-refractivity contribution in [2.75, 3.05) is 7.11 Å². The molecule has 0 saturated carbocycles. The van der Waals surface area contributed by atoms with Crippen molar-refractivity contribution in [2.24, 2.45) is 0 Å². The molecule has 1 heterocycles. The van der Waals surface area contributed by atoms with E-state index >= 15 is 0 Å². The molecule has 26 heavy (non-hydrogen) atoms. The van der Waals surface area contributed by atoms with Gasteiger partial charge in [-0.25, -0.2) is 4.79 Å². The lowest BCUT2D eigenvalue weighted by Gasteiger charge is -2.10. The second kappa shape index (κ2) is 7.02. The summed E-state index contributed by atoms with van der Waals surface area (Å²) >= 11 is 0. The smallest absolute Gasteiger partial charge is 0.343 e. The maximum absolute atomic E-state index is 12.4. The van der Waals surface area contributed by atoms with E-state index in [1.54, 1.807) is 19.2 Å². The first-order valence-corrected chi connectivity index (χ1v) is 8.42. The first-order chi connectivity index (χ1) is 12.8. The van der Waals surface area contributed by atoms with Crippen molar-refractivity contribution in [3.8, 4) is 22.6 Å². The molecule has 0 radical (unpaired) electrons. The molecule has 0 bridgehead atoms. The third-order valence-electron chi connectivity index (χ3n) is 4.34. The molecule has 1 aliphatic rings. The number of esters is 1. The van der Waals surface area contributed by atoms with Crippen LogP contribution in [-0.2, 0) is 9.53 Å². The van der Waals surface area contributed by atoms with E-state index < -0.39 is 6.10 Å². The van der Waals surface area contributed by atoms with Gasteiger partial charge in [0, 0.05) is 0 Å². The Morgan fingerprint density at radius 3 is 2.27 bits per heavy atom. The summed E-state index contributed by atoms with van der Waals surface area (Å²) in [6, 6.07) is 24.8. The number of benzene rings is 3. The zero-order valence-corrected chi connectivity index (χ0v) is 14.3. The second-order valence-corrected chi connectivity index (χ2v) is 6.03. The summed E-state index contributed by atoms with van der Waals surface area (Å²) in [6.07, 6.45) is -0.904. The van der Waals surface area contributed by atoms with Crippen molar-refractivity contribution >= 4 is 5.97 Å². The largest absolute Gasteiger partial charge is 0.497 e. The number of hydrogen-bond donors (Lipinski definition) is 0. The topological polar surface area (TPSA) is 48.1 Å². The van der Waals surface area contributed by atoms with Crippen LogP contribution in [-0.4, -0.2) is 19.2 Å². The third kappa shape index (κ3) is 3.32. The zero-order chi connectivity index (χ0) is 17.9. The van der Waals surface area contributed by atoms with Crippen LogP contribution < -0.4 is 9.47 Å². The van der Waals surface area contributed by atoms with Gasteiger partial charge in [-0.2, -0.15) is 0 Å². The van der Waals surface area contributed by atoms with Crippen molar-refractivity contribution < 1.29 is 19.0 Å². The summed E-state index contributed by atoms with van der Waals surface area (Å²) in [4.78, 5) is 12.4. The maximum atomic E-state index is 12.4. The Morgan fingerprint density at radius 1 is 0.885 bits per heavy atom. The van der Waals surface area contributed by atoms with Crippen LogP contribution in [0.2, 0.25) is 0 Å². The second-order valence-electron chi connectivity index (χ2n) is 6.03. The van der Waals surface area contributed by atoms with Crippen LogP contribution in [0.3, 0.4) is 0 Å². The summed E-state index contributed by atoms with van der Waals surface area (Å²) in [5, 5.41) is 0. The molecule has 0 aliphatic carbocycles. The first kappa shape index (κ1) is 16.4. The Kier molecular flexibility index (Phi) is 4.42. The average Bonchev–Trinajstić information content (AvgIpc) is 3.50. The molecule has 1 fully saturated rings. The lowest BCUT2D eigenvalue weighted by Crippen LogP contribution is -2.15. The van der Waals surface area contributed by atoms with Crippen molar-refractivity contribution in [3.05, 3.63) is 84.4 Å². The van der Waals surface area contributed by atoms with E-state index in [2.05, 4.69) is 0 Å². The average molecular weight is 346 g/mol. The minimum absolute atomic E-state index is 0.313. The summed E-state index contributed by atoms with van der Waals surface area (Å²) < 4.78 is 16.4. The highest BCUT2D eigenvalue weighted by molar-refractivity contribution is 5.82. The minimum Gasteiger partial charge on any atom is -0.497 e. The summed E-state index contributed by atoms with van der Waals surface area (Å²) in [6.45, 7) is 0. The highest BCUT2D eigenvalue weighted by Gasteiger charge is 2.48. The van der Waals surface area contributed by atoms with Gasteiger partial charge in [-0.3, -0.25) is 0 Å². The fourth-order valence-electron chi connectivity index (χ4n) is 2.97. The lowest BCUT2D eigenvalue weighted by atomic mass is 9.96. The van der Waals surface area contributed by atoms with Crippen molar-refractivity contribution in [1.29, 1.82) is 0 Å². The van der Waals surface area contributed by atoms with E-state index in [-0.39, 0.29) is 12.1 Å². The summed E-state index contributed by atoms with van der Waals surface area (Å²) in [7, 11) is 1.64. The summed E-state index contributed by atoms with van der Waals surface area (Å²) in [5.41, 5.74) is 2.99. The van der Waals surface area contributed by atoms with Crippen molar-refractivity contribution in [2.45, 2.75) is 12.2 Å². The predicted octanol–water partition coefficient (Wildman–Crippen LogP) is 4.41. The lowest BCUT2D eigenvalue weighted by molar-refractivity contribution is -0.135. The van der Waals surface area contributed by atoms with Gasteiger partial charge in [-0.15, -0.1) is 0 Å². The van der Waals surface area contributed by atoms with Gasteiger partial charge < -0.3 is 14.2 Å². The van der Waals surface area contributed by atoms with Gasteiger partial charge in [0.05, 0.1) is 7.11 Å². The number of methoxy groups -OCH3 is 1. The SMILES string of the molecule is COc1ccc(C2OC2C(=O)Oc2ccccc2)c(-c2ccccc2)c1. The Morgan fingerprint density at radius 2 is 1.58 bits per heavy atom. The van der Waals surface area contributed by atoms with Crippen LogP contribution >= 0.6 is 0 Å². The van der Waals surface area contributed by atoms with Gasteiger partial charge in [-0.1, -0.05) is 54.6 Å². The number of carbonyl (C=O) groups excluding carboxylic acids is 1. The number of rotatable bonds is 5. The van der Waals surface area contributed by atoms with Crippen LogP contribution in [0.25, 0.3) is 11.1 Å². The molecule has 0 spiro atoms. The Hall–Kier alpha value is -3.11. The molecule has 3 aromatic carbocycles. The van der Waals surface area contributed by atoms with E-state index in [1.165, 1.54) is 0 Å². The van der Waals surface area contributed by atoms with Gasteiger partial charge in [0.15, 0.2) is 6.10 Å². The van der Waals surface area contributed by atoms with E-state index in [0.717, 1.165) is 22.4 Å². The molecule has 4 rings (SSSR count). The van der Waals surface area contributed by atoms with Crippen LogP contribution in [0, 0.1) is 0 Å². The van der Waals surface area contributed by atoms with Gasteiger partial charge in [0.25, 0.3) is 0 Å². The molecule has 4 nitrogen and oxygen atoms in total. The van der Waals surface area contributed by atoms with Crippen LogP contribution in [0.15, 0.2) is 78.9 Å². The minimum atomic E-state index is -0.592. The van der Waals surface area contributed by atoms with E-state index in [1.807, 2.05) is 66.7 Å². The van der Waals surface area contributed by atoms with E-state index in [4.69, 9.17) is 14.2 Å². The van der Waals surface area contributed by atoms with Gasteiger partial charge in [0.2, 0.25) is 0 Å². The van der Waals surface area contributed by atoms with Crippen molar-refractivity contribution in [3.63, 3.8) is 0 Å². The Labute approximate surface area is 152 Å². The number of hydrogen-bond acceptors (Lipinski definition) is 4. The molecule has 1 saturated heterocycles. The number of para-hydroxylation sites is 1. The third-order valence-corrected chi connectivity index (χ3v) is 4.34. The highest BCUT2D eigenvalue weighted by Crippen LogP contribution is 2.44. The van der Waals surface area contributed by atoms with E-state index in [0.29, 0.717) is 5.75 Å². The molecule has 0 amide bonds. The van der Waals surface area contributed by atoms with Gasteiger partial charge in [-0.05, 0) is 41.0 Å². The molecular weight excluding hydrogens is 328 g/mol. The highest BCUT2D eigenvalue weighted by atomic mass is 16.6. The molecule has 0 N–H and O–H groups in total. The predicted molar refractivity (Wildman–Crippen MR) is 98.1 cm³/mol. The monoisotopic (exact) mass is 346 g/mol. The quantitative estimate of drug-likeness (QED) is 0.390. The standard InChI is InChI=1S/C22H18O4/c1-24-17-12-13-18(19(14-17)15-8-4-2-5-9-15)20-21(26-20)22(23)25-16-10-6-3-7-11-16/h2-14,20-21H,1H3. The fraction of sp³-hybridized carbons (Fsp3) is 0.136. The van der Waals surface area contributed by atoms with Crippen LogP contribution in [0.1, 0.15) is 11.7 Å². The first-order valence-electron chi connectivity index (χ1n) is 8.42. The fourth-order valence-corrected chi connectivity index (χ4v) is 2.97. The Bertz CT molecular complexity index is 906. The number of ether oxygens (including phenoxy) is 3. The van der Waals surface area contributed by atoms with Crippen molar-refractivity contribution in [1.82, 2.24) is 0 Å². The molecular formula is C22H18O4. The van der Waals surface area contributed by atoms with Crippen LogP contribution in [0.4, 0.5) is 0 Å². The molecule has 3 aromatic rings. The van der Waals surface area contributed by atoms with Crippen LogP contribution in [0.5, 0.6) is 11.5 Å². The normalized spacial score (nSPS) is 18.2. The molecule has 4 heteroatoms. The van der Waals surface area contributed by atoms with Gasteiger partial charge in [0.1, 0.15) is 17.6 Å². The zero-order valence-electron chi connectivity index (χ0n) is 14.3. The molecule has 2 atom stereocenters. The van der Waals surface area contributed by atoms with E-state index in [9.17, 15) is 4.79 Å². The van der Waals surface area contributed by atoms with Gasteiger partial charge >= 0.3 is 5.97 Å². The molecule has 130 valence electrons. The maximum Gasteiger partial charge on any atom is 0.343 e. The molecule has 0 aromatic heterocycles.